The second-order valence-electron chi connectivity index (χ2n) is 6.30. The molecule has 138 valence electrons. The van der Waals surface area contributed by atoms with Crippen molar-refractivity contribution in [3.8, 4) is 22.4 Å². The van der Waals surface area contributed by atoms with E-state index in [0.29, 0.717) is 35.3 Å². The van der Waals surface area contributed by atoms with Crippen LogP contribution >= 0.6 is 11.3 Å². The van der Waals surface area contributed by atoms with Crippen LogP contribution in [0.5, 0.6) is 22.4 Å². The quantitative estimate of drug-likeness (QED) is 0.689. The van der Waals surface area contributed by atoms with Crippen LogP contribution in [0.4, 0.5) is 0 Å². The maximum absolute atomic E-state index is 12.6. The van der Waals surface area contributed by atoms with E-state index in [2.05, 4.69) is 4.98 Å². The summed E-state index contributed by atoms with van der Waals surface area (Å²) in [6.45, 7) is 1.25. The lowest BCUT2D eigenvalue weighted by Crippen LogP contribution is -2.56. The molecule has 8 heteroatoms. The Hall–Kier alpha value is -3.00. The van der Waals surface area contributed by atoms with Gasteiger partial charge in [-0.3, -0.25) is 4.79 Å². The third-order valence-corrected chi connectivity index (χ3v) is 5.52. The fourth-order valence-electron chi connectivity index (χ4n) is 3.15. The molecule has 3 heterocycles. The fourth-order valence-corrected chi connectivity index (χ4v) is 4.05. The normalized spacial score (nSPS) is 15.7. The zero-order valence-corrected chi connectivity index (χ0v) is 15.3. The first-order valence-corrected chi connectivity index (χ1v) is 9.32. The minimum atomic E-state index is -0.0606. The molecule has 2 aromatic carbocycles. The largest absolute Gasteiger partial charge is 0.494 e. The Balaban J connectivity index is 1.24. The predicted octanol–water partition coefficient (Wildman–Crippen LogP) is 2.94. The molecule has 0 spiro atoms. The van der Waals surface area contributed by atoms with Crippen molar-refractivity contribution in [2.24, 2.45) is 0 Å². The first kappa shape index (κ1) is 16.2. The maximum Gasteiger partial charge on any atom is 0.274 e. The minimum Gasteiger partial charge on any atom is -0.494 e. The lowest BCUT2D eigenvalue weighted by atomic mass is 10.1. The van der Waals surface area contributed by atoms with Gasteiger partial charge in [0, 0.05) is 5.56 Å². The standard InChI is InChI=1S/C19H16N2O5S/c1-23-14-3-2-4-16-17(14)20-19(27-16)26-12-8-21(9-12)18(22)11-5-6-13-15(7-11)25-10-24-13/h2-7,12H,8-10H2,1H3. The number of hydrogen-bond acceptors (Lipinski definition) is 7. The SMILES string of the molecule is COc1cccc2sc(OC3CN(C(=O)c4ccc5c(c4)OCO5)C3)nc12. The van der Waals surface area contributed by atoms with E-state index in [4.69, 9.17) is 18.9 Å². The summed E-state index contributed by atoms with van der Waals surface area (Å²) in [6, 6.07) is 11.0. The number of fused-ring (bicyclic) bond motifs is 2. The lowest BCUT2D eigenvalue weighted by Gasteiger charge is -2.38. The summed E-state index contributed by atoms with van der Waals surface area (Å²) in [5.41, 5.74) is 1.38. The smallest absolute Gasteiger partial charge is 0.274 e. The van der Waals surface area contributed by atoms with E-state index in [1.54, 1.807) is 30.2 Å². The van der Waals surface area contributed by atoms with E-state index in [9.17, 15) is 4.79 Å². The van der Waals surface area contributed by atoms with Gasteiger partial charge in [-0.2, -0.15) is 4.98 Å². The van der Waals surface area contributed by atoms with Gasteiger partial charge in [0.1, 0.15) is 17.4 Å². The van der Waals surface area contributed by atoms with Gasteiger partial charge in [-0.1, -0.05) is 17.4 Å². The van der Waals surface area contributed by atoms with Crippen LogP contribution in [-0.2, 0) is 0 Å². The summed E-state index contributed by atoms with van der Waals surface area (Å²) in [7, 11) is 1.63. The lowest BCUT2D eigenvalue weighted by molar-refractivity contribution is 0.0177. The van der Waals surface area contributed by atoms with Gasteiger partial charge in [0.05, 0.1) is 24.9 Å². The summed E-state index contributed by atoms with van der Waals surface area (Å²) in [5, 5.41) is 0.592. The number of nitrogens with zero attached hydrogens (tertiary/aromatic N) is 2. The number of amides is 1. The van der Waals surface area contributed by atoms with Crippen LogP contribution < -0.4 is 18.9 Å². The molecule has 2 aliphatic heterocycles. The summed E-state index contributed by atoms with van der Waals surface area (Å²) in [4.78, 5) is 18.8. The number of likely N-dealkylation sites (tertiary alicyclic amines) is 1. The van der Waals surface area contributed by atoms with Crippen molar-refractivity contribution < 1.29 is 23.7 Å². The molecule has 27 heavy (non-hydrogen) atoms. The molecule has 0 aliphatic carbocycles. The van der Waals surface area contributed by atoms with Crippen LogP contribution in [0.1, 0.15) is 10.4 Å². The van der Waals surface area contributed by atoms with E-state index in [1.807, 2.05) is 18.2 Å². The number of para-hydroxylation sites is 1. The van der Waals surface area contributed by atoms with Gasteiger partial charge >= 0.3 is 0 Å². The first-order valence-electron chi connectivity index (χ1n) is 8.50. The van der Waals surface area contributed by atoms with Crippen LogP contribution in [0, 0.1) is 0 Å². The highest BCUT2D eigenvalue weighted by Crippen LogP contribution is 2.35. The van der Waals surface area contributed by atoms with E-state index < -0.39 is 0 Å². The van der Waals surface area contributed by atoms with Crippen molar-refractivity contribution in [3.63, 3.8) is 0 Å². The van der Waals surface area contributed by atoms with Gasteiger partial charge in [-0.25, -0.2) is 0 Å². The molecule has 1 saturated heterocycles. The number of thiazole rings is 1. The molecule has 0 bridgehead atoms. The fraction of sp³-hybridized carbons (Fsp3) is 0.263. The average Bonchev–Trinajstić information content (AvgIpc) is 3.28. The Morgan fingerprint density at radius 2 is 2.07 bits per heavy atom. The number of hydrogen-bond donors (Lipinski definition) is 0. The van der Waals surface area contributed by atoms with Gasteiger partial charge in [0.15, 0.2) is 11.5 Å². The molecular formula is C19H16N2O5S. The summed E-state index contributed by atoms with van der Waals surface area (Å²) in [6.07, 6.45) is -0.0606. The number of rotatable bonds is 4. The Morgan fingerprint density at radius 1 is 1.22 bits per heavy atom. The van der Waals surface area contributed by atoms with Crippen molar-refractivity contribution in [1.82, 2.24) is 9.88 Å². The Morgan fingerprint density at radius 3 is 2.93 bits per heavy atom. The zero-order chi connectivity index (χ0) is 18.4. The highest BCUT2D eigenvalue weighted by Gasteiger charge is 2.34. The molecule has 1 fully saturated rings. The molecule has 0 unspecified atom stereocenters. The van der Waals surface area contributed by atoms with Crippen molar-refractivity contribution in [2.45, 2.75) is 6.10 Å². The van der Waals surface area contributed by atoms with Crippen LogP contribution in [-0.4, -0.2) is 48.9 Å². The molecule has 3 aromatic rings. The van der Waals surface area contributed by atoms with Crippen LogP contribution in [0.3, 0.4) is 0 Å². The number of carbonyl (C=O) groups excluding carboxylic acids is 1. The topological polar surface area (TPSA) is 70.1 Å². The van der Waals surface area contributed by atoms with Gasteiger partial charge in [0.2, 0.25) is 6.79 Å². The molecule has 2 aliphatic rings. The van der Waals surface area contributed by atoms with Gasteiger partial charge in [-0.15, -0.1) is 0 Å². The highest BCUT2D eigenvalue weighted by molar-refractivity contribution is 7.20. The summed E-state index contributed by atoms with van der Waals surface area (Å²) >= 11 is 1.48. The zero-order valence-electron chi connectivity index (χ0n) is 14.5. The molecule has 0 saturated carbocycles. The number of ether oxygens (including phenoxy) is 4. The number of carbonyl (C=O) groups is 1. The van der Waals surface area contributed by atoms with E-state index in [1.165, 1.54) is 11.3 Å². The van der Waals surface area contributed by atoms with E-state index in [0.717, 1.165) is 16.0 Å². The van der Waals surface area contributed by atoms with Crippen molar-refractivity contribution >= 4 is 27.5 Å². The maximum atomic E-state index is 12.6. The van der Waals surface area contributed by atoms with Crippen molar-refractivity contribution in [2.75, 3.05) is 27.0 Å². The Bertz CT molecular complexity index is 1030. The molecule has 1 amide bonds. The molecule has 5 rings (SSSR count). The Kier molecular flexibility index (Phi) is 3.78. The average molecular weight is 384 g/mol. The molecule has 7 nitrogen and oxygen atoms in total. The minimum absolute atomic E-state index is 0.0425. The molecule has 0 radical (unpaired) electrons. The van der Waals surface area contributed by atoms with Gasteiger partial charge < -0.3 is 23.8 Å². The predicted molar refractivity (Wildman–Crippen MR) is 99.1 cm³/mol. The molecule has 0 atom stereocenters. The molecule has 1 aromatic heterocycles. The van der Waals surface area contributed by atoms with Crippen molar-refractivity contribution in [1.29, 1.82) is 0 Å². The first-order chi connectivity index (χ1) is 13.2. The molecular weight excluding hydrogens is 368 g/mol. The number of benzene rings is 2. The highest BCUT2D eigenvalue weighted by atomic mass is 32.1. The number of aromatic nitrogens is 1. The van der Waals surface area contributed by atoms with Crippen LogP contribution in [0.25, 0.3) is 10.2 Å². The van der Waals surface area contributed by atoms with Crippen LogP contribution in [0.2, 0.25) is 0 Å². The van der Waals surface area contributed by atoms with Gasteiger partial charge in [-0.05, 0) is 30.3 Å². The molecule has 0 N–H and O–H groups in total. The van der Waals surface area contributed by atoms with Crippen LogP contribution in [0.15, 0.2) is 36.4 Å². The monoisotopic (exact) mass is 384 g/mol. The number of methoxy groups -OCH3 is 1. The van der Waals surface area contributed by atoms with Crippen molar-refractivity contribution in [3.05, 3.63) is 42.0 Å². The third-order valence-electron chi connectivity index (χ3n) is 4.60. The Labute approximate surface area is 159 Å². The van der Waals surface area contributed by atoms with E-state index >= 15 is 0 Å². The summed E-state index contributed by atoms with van der Waals surface area (Å²) < 4.78 is 22.9. The van der Waals surface area contributed by atoms with Gasteiger partial charge in [0.25, 0.3) is 11.1 Å². The van der Waals surface area contributed by atoms with E-state index in [-0.39, 0.29) is 18.8 Å². The second-order valence-corrected chi connectivity index (χ2v) is 7.30. The summed E-state index contributed by atoms with van der Waals surface area (Å²) in [5.74, 6) is 1.96. The third kappa shape index (κ3) is 2.82. The second kappa shape index (κ2) is 6.31.